The lowest BCUT2D eigenvalue weighted by molar-refractivity contribution is -0.139. The summed E-state index contributed by atoms with van der Waals surface area (Å²) in [4.78, 5) is 40.2. The maximum Gasteiger partial charge on any atom is 0.251 e. The van der Waals surface area contributed by atoms with E-state index in [1.54, 1.807) is 31.4 Å². The summed E-state index contributed by atoms with van der Waals surface area (Å²) in [5.41, 5.74) is 2.55. The number of nitrogens with one attached hydrogen (secondary N) is 1. The first-order chi connectivity index (χ1) is 16.0. The lowest BCUT2D eigenvalue weighted by Gasteiger charge is -2.35. The molecule has 3 amide bonds. The molecule has 0 saturated carbocycles. The van der Waals surface area contributed by atoms with Crippen LogP contribution in [0.4, 0.5) is 0 Å². The van der Waals surface area contributed by atoms with Crippen molar-refractivity contribution in [3.8, 4) is 5.75 Å². The second kappa shape index (κ2) is 10.6. The van der Waals surface area contributed by atoms with E-state index in [0.29, 0.717) is 12.1 Å². The second-order valence-corrected chi connectivity index (χ2v) is 8.67. The zero-order valence-electron chi connectivity index (χ0n) is 19.1. The minimum Gasteiger partial charge on any atom is -0.497 e. The van der Waals surface area contributed by atoms with E-state index in [1.807, 2.05) is 12.1 Å². The predicted octanol–water partition coefficient (Wildman–Crippen LogP) is 3.30. The van der Waals surface area contributed by atoms with Crippen LogP contribution in [0.1, 0.15) is 59.6 Å². The van der Waals surface area contributed by atoms with Crippen molar-refractivity contribution in [2.75, 3.05) is 26.7 Å². The lowest BCUT2D eigenvalue weighted by Crippen LogP contribution is -2.40. The van der Waals surface area contributed by atoms with E-state index in [0.717, 1.165) is 30.0 Å². The highest BCUT2D eigenvalue weighted by atomic mass is 16.5. The Bertz CT molecular complexity index is 966. The van der Waals surface area contributed by atoms with Gasteiger partial charge in [0.25, 0.3) is 5.91 Å². The molecular formula is C26H31N3O4. The summed E-state index contributed by atoms with van der Waals surface area (Å²) in [6.45, 7) is 2.82. The minimum atomic E-state index is -0.135. The topological polar surface area (TPSA) is 79.0 Å². The number of amides is 3. The van der Waals surface area contributed by atoms with Gasteiger partial charge in [-0.15, -0.1) is 0 Å². The van der Waals surface area contributed by atoms with Crippen LogP contribution in [0.5, 0.6) is 5.75 Å². The average Bonchev–Trinajstić information content (AvgIpc) is 3.17. The first kappa shape index (κ1) is 23.0. The molecule has 0 aliphatic carbocycles. The molecule has 1 N–H and O–H groups in total. The fourth-order valence-corrected chi connectivity index (χ4v) is 4.55. The number of likely N-dealkylation sites (tertiary alicyclic amines) is 2. The van der Waals surface area contributed by atoms with Crippen LogP contribution in [-0.2, 0) is 16.1 Å². The highest BCUT2D eigenvalue weighted by Crippen LogP contribution is 2.26. The van der Waals surface area contributed by atoms with Gasteiger partial charge in [0.2, 0.25) is 11.8 Å². The van der Waals surface area contributed by atoms with Gasteiger partial charge in [0.05, 0.1) is 19.7 Å². The summed E-state index contributed by atoms with van der Waals surface area (Å²) >= 11 is 0. The summed E-state index contributed by atoms with van der Waals surface area (Å²) < 4.78 is 5.29. The van der Waals surface area contributed by atoms with Crippen molar-refractivity contribution in [1.82, 2.24) is 15.1 Å². The second-order valence-electron chi connectivity index (χ2n) is 8.67. The standard InChI is InChI=1S/C26H31N3O4/c1-33-22-11-9-20(10-12-22)23(28-15-3-2-4-16-28)17-27-26(32)21-7-5-19(6-8-21)18-29-24(30)13-14-25(29)31/h5-12,23H,2-4,13-18H2,1H3,(H,27,32). The van der Waals surface area contributed by atoms with Gasteiger partial charge >= 0.3 is 0 Å². The molecule has 2 saturated heterocycles. The van der Waals surface area contributed by atoms with Gasteiger partial charge in [-0.25, -0.2) is 0 Å². The van der Waals surface area contributed by atoms with Crippen LogP contribution in [0.15, 0.2) is 48.5 Å². The Kier molecular flexibility index (Phi) is 7.40. The molecule has 1 unspecified atom stereocenters. The number of carbonyl (C=O) groups is 3. The molecule has 33 heavy (non-hydrogen) atoms. The van der Waals surface area contributed by atoms with Crippen molar-refractivity contribution >= 4 is 17.7 Å². The summed E-state index contributed by atoms with van der Waals surface area (Å²) in [5.74, 6) is 0.413. The molecule has 174 valence electrons. The third-order valence-electron chi connectivity index (χ3n) is 6.50. The molecule has 2 fully saturated rings. The first-order valence-corrected chi connectivity index (χ1v) is 11.6. The normalized spacial score (nSPS) is 17.8. The lowest BCUT2D eigenvalue weighted by atomic mass is 10.0. The maximum atomic E-state index is 12.9. The summed E-state index contributed by atoms with van der Waals surface area (Å²) in [6.07, 6.45) is 4.16. The Hall–Kier alpha value is -3.19. The molecule has 1 atom stereocenters. The molecule has 2 aromatic rings. The van der Waals surface area contributed by atoms with Crippen LogP contribution in [0.25, 0.3) is 0 Å². The Morgan fingerprint density at radius 3 is 2.18 bits per heavy atom. The van der Waals surface area contributed by atoms with Gasteiger partial charge < -0.3 is 10.1 Å². The Morgan fingerprint density at radius 1 is 0.939 bits per heavy atom. The quantitative estimate of drug-likeness (QED) is 0.626. The van der Waals surface area contributed by atoms with E-state index in [2.05, 4.69) is 22.3 Å². The van der Waals surface area contributed by atoms with Crippen molar-refractivity contribution in [3.05, 3.63) is 65.2 Å². The number of methoxy groups -OCH3 is 1. The Morgan fingerprint density at radius 2 is 1.58 bits per heavy atom. The van der Waals surface area contributed by atoms with Gasteiger partial charge in [0.15, 0.2) is 0 Å². The van der Waals surface area contributed by atoms with Gasteiger partial charge in [-0.2, -0.15) is 0 Å². The summed E-state index contributed by atoms with van der Waals surface area (Å²) in [7, 11) is 1.66. The van der Waals surface area contributed by atoms with Crippen molar-refractivity contribution in [1.29, 1.82) is 0 Å². The fraction of sp³-hybridized carbons (Fsp3) is 0.423. The highest BCUT2D eigenvalue weighted by molar-refractivity contribution is 6.01. The van der Waals surface area contributed by atoms with Crippen LogP contribution in [0, 0.1) is 0 Å². The van der Waals surface area contributed by atoms with Crippen molar-refractivity contribution in [2.45, 2.75) is 44.7 Å². The van der Waals surface area contributed by atoms with E-state index in [9.17, 15) is 14.4 Å². The van der Waals surface area contributed by atoms with Crippen LogP contribution in [0.2, 0.25) is 0 Å². The zero-order chi connectivity index (χ0) is 23.2. The Labute approximate surface area is 194 Å². The van der Waals surface area contributed by atoms with E-state index >= 15 is 0 Å². The first-order valence-electron chi connectivity index (χ1n) is 11.6. The summed E-state index contributed by atoms with van der Waals surface area (Å²) in [5, 5.41) is 3.10. The number of piperidine rings is 1. The van der Waals surface area contributed by atoms with Gasteiger partial charge in [-0.05, 0) is 61.3 Å². The molecule has 0 aromatic heterocycles. The molecule has 2 aliphatic rings. The molecule has 2 aromatic carbocycles. The molecule has 7 nitrogen and oxygen atoms in total. The smallest absolute Gasteiger partial charge is 0.251 e. The monoisotopic (exact) mass is 449 g/mol. The number of hydrogen-bond acceptors (Lipinski definition) is 5. The maximum absolute atomic E-state index is 12.9. The SMILES string of the molecule is COc1ccc(C(CNC(=O)c2ccc(CN3C(=O)CCC3=O)cc2)N2CCCCC2)cc1. The van der Waals surface area contributed by atoms with Crippen molar-refractivity contribution < 1.29 is 19.1 Å². The third-order valence-corrected chi connectivity index (χ3v) is 6.50. The molecule has 2 aliphatic heterocycles. The van der Waals surface area contributed by atoms with Crippen LogP contribution >= 0.6 is 0 Å². The fourth-order valence-electron chi connectivity index (χ4n) is 4.55. The van der Waals surface area contributed by atoms with Crippen LogP contribution < -0.4 is 10.1 Å². The third kappa shape index (κ3) is 5.60. The predicted molar refractivity (Wildman–Crippen MR) is 125 cm³/mol. The number of nitrogens with zero attached hydrogens (tertiary/aromatic N) is 2. The van der Waals surface area contributed by atoms with Crippen LogP contribution in [0.3, 0.4) is 0 Å². The highest BCUT2D eigenvalue weighted by Gasteiger charge is 2.28. The van der Waals surface area contributed by atoms with Crippen LogP contribution in [-0.4, -0.2) is 54.3 Å². The minimum absolute atomic E-state index is 0.103. The molecule has 0 radical (unpaired) electrons. The van der Waals surface area contributed by atoms with Crippen molar-refractivity contribution in [3.63, 3.8) is 0 Å². The van der Waals surface area contributed by atoms with E-state index in [1.165, 1.54) is 24.2 Å². The average molecular weight is 450 g/mol. The molecule has 4 rings (SSSR count). The van der Waals surface area contributed by atoms with E-state index < -0.39 is 0 Å². The number of benzene rings is 2. The largest absolute Gasteiger partial charge is 0.497 e. The number of hydrogen-bond donors (Lipinski definition) is 1. The Balaban J connectivity index is 1.40. The van der Waals surface area contributed by atoms with Gasteiger partial charge in [-0.1, -0.05) is 30.7 Å². The van der Waals surface area contributed by atoms with E-state index in [4.69, 9.17) is 4.74 Å². The molecular weight excluding hydrogens is 418 g/mol. The number of ether oxygens (including phenoxy) is 1. The van der Waals surface area contributed by atoms with Gasteiger partial charge in [-0.3, -0.25) is 24.2 Å². The zero-order valence-corrected chi connectivity index (χ0v) is 19.1. The summed E-state index contributed by atoms with van der Waals surface area (Å²) in [6, 6.07) is 15.3. The van der Waals surface area contributed by atoms with E-state index in [-0.39, 0.29) is 43.1 Å². The van der Waals surface area contributed by atoms with Gasteiger partial charge in [0.1, 0.15) is 5.75 Å². The molecule has 0 bridgehead atoms. The number of imide groups is 1. The molecule has 2 heterocycles. The van der Waals surface area contributed by atoms with Gasteiger partial charge in [0, 0.05) is 24.9 Å². The van der Waals surface area contributed by atoms with Crippen molar-refractivity contribution in [2.24, 2.45) is 0 Å². The molecule has 7 heteroatoms. The molecule has 0 spiro atoms. The number of rotatable bonds is 8. The number of carbonyl (C=O) groups excluding carboxylic acids is 3.